The summed E-state index contributed by atoms with van der Waals surface area (Å²) in [4.78, 5) is 3.65. The molecule has 1 nitrogen and oxygen atoms in total. The van der Waals surface area contributed by atoms with Gasteiger partial charge in [-0.2, -0.15) is 0 Å². The maximum Gasteiger partial charge on any atom is 0.0544 e. The molecule has 5 aromatic carbocycles. The first-order valence-electron chi connectivity index (χ1n) is 9.54. The molecular formula is C26H15NS. The van der Waals surface area contributed by atoms with Crippen molar-refractivity contribution in [3.05, 3.63) is 84.9 Å². The van der Waals surface area contributed by atoms with Crippen molar-refractivity contribution in [2.24, 2.45) is 0 Å². The van der Waals surface area contributed by atoms with E-state index in [1.165, 1.54) is 63.5 Å². The normalized spacial score (nSPS) is 12.3. The van der Waals surface area contributed by atoms with Crippen LogP contribution in [0.5, 0.6) is 0 Å². The van der Waals surface area contributed by atoms with Crippen LogP contribution in [0.3, 0.4) is 0 Å². The molecule has 0 atom stereocenters. The number of hydrogen-bond donors (Lipinski definition) is 1. The van der Waals surface area contributed by atoms with Crippen LogP contribution in [0.15, 0.2) is 84.9 Å². The second-order valence-corrected chi connectivity index (χ2v) is 8.57. The lowest BCUT2D eigenvalue weighted by Crippen LogP contribution is -1.80. The van der Waals surface area contributed by atoms with E-state index in [0.717, 1.165) is 0 Å². The Kier molecular flexibility index (Phi) is 2.68. The van der Waals surface area contributed by atoms with Crippen LogP contribution >= 0.6 is 11.3 Å². The zero-order valence-electron chi connectivity index (χ0n) is 15.0. The van der Waals surface area contributed by atoms with Gasteiger partial charge in [0.05, 0.1) is 5.52 Å². The fraction of sp³-hybridized carbons (Fsp3) is 0. The third-order valence-corrected chi connectivity index (χ3v) is 7.12. The molecule has 1 N–H and O–H groups in total. The van der Waals surface area contributed by atoms with Crippen LogP contribution in [0, 0.1) is 0 Å². The quantitative estimate of drug-likeness (QED) is 0.259. The van der Waals surface area contributed by atoms with E-state index in [0.29, 0.717) is 0 Å². The highest BCUT2D eigenvalue weighted by Crippen LogP contribution is 2.40. The van der Waals surface area contributed by atoms with Crippen LogP contribution in [0.25, 0.3) is 63.5 Å². The average molecular weight is 373 g/mol. The van der Waals surface area contributed by atoms with Gasteiger partial charge in [0.25, 0.3) is 0 Å². The van der Waals surface area contributed by atoms with Gasteiger partial charge in [0.2, 0.25) is 0 Å². The Morgan fingerprint density at radius 3 is 2.21 bits per heavy atom. The van der Waals surface area contributed by atoms with E-state index in [9.17, 15) is 0 Å². The van der Waals surface area contributed by atoms with Gasteiger partial charge in [0.1, 0.15) is 0 Å². The SMILES string of the molecule is c1ccc2c(c1)[nH]c1c2ccc2c3cc4c(cc3ccc21)sc1ccccc14. The summed E-state index contributed by atoms with van der Waals surface area (Å²) in [6.45, 7) is 0. The molecule has 0 fully saturated rings. The zero-order valence-corrected chi connectivity index (χ0v) is 15.8. The smallest absolute Gasteiger partial charge is 0.0544 e. The zero-order chi connectivity index (χ0) is 18.2. The van der Waals surface area contributed by atoms with Crippen molar-refractivity contribution >= 4 is 74.9 Å². The van der Waals surface area contributed by atoms with E-state index in [1.54, 1.807) is 0 Å². The molecule has 0 spiro atoms. The van der Waals surface area contributed by atoms with Crippen LogP contribution in [0.1, 0.15) is 0 Å². The topological polar surface area (TPSA) is 15.8 Å². The van der Waals surface area contributed by atoms with Gasteiger partial charge in [-0.3, -0.25) is 0 Å². The van der Waals surface area contributed by atoms with Gasteiger partial charge >= 0.3 is 0 Å². The molecule has 0 bridgehead atoms. The minimum absolute atomic E-state index is 1.20. The number of aromatic nitrogens is 1. The van der Waals surface area contributed by atoms with Crippen molar-refractivity contribution in [1.82, 2.24) is 4.98 Å². The summed E-state index contributed by atoms with van der Waals surface area (Å²) in [6.07, 6.45) is 0. The summed E-state index contributed by atoms with van der Waals surface area (Å²) >= 11 is 1.88. The van der Waals surface area contributed by atoms with Crippen molar-refractivity contribution in [2.45, 2.75) is 0 Å². The highest BCUT2D eigenvalue weighted by atomic mass is 32.1. The van der Waals surface area contributed by atoms with Crippen LogP contribution < -0.4 is 0 Å². The Hall–Kier alpha value is -3.36. The monoisotopic (exact) mass is 373 g/mol. The molecule has 28 heavy (non-hydrogen) atoms. The number of rotatable bonds is 0. The first-order chi connectivity index (χ1) is 13.9. The highest BCUT2D eigenvalue weighted by molar-refractivity contribution is 7.25. The van der Waals surface area contributed by atoms with Crippen molar-refractivity contribution in [1.29, 1.82) is 0 Å². The van der Waals surface area contributed by atoms with Crippen LogP contribution in [-0.4, -0.2) is 4.98 Å². The Labute approximate surface area is 164 Å². The molecule has 0 radical (unpaired) electrons. The molecule has 130 valence electrons. The molecule has 7 aromatic rings. The second-order valence-electron chi connectivity index (χ2n) is 7.49. The summed E-state index contributed by atoms with van der Waals surface area (Å²) in [5, 5.41) is 10.5. The van der Waals surface area contributed by atoms with Crippen molar-refractivity contribution in [3.8, 4) is 0 Å². The number of nitrogens with one attached hydrogen (secondary N) is 1. The minimum Gasteiger partial charge on any atom is -0.354 e. The molecule has 2 aromatic heterocycles. The van der Waals surface area contributed by atoms with Gasteiger partial charge in [-0.05, 0) is 40.4 Å². The first kappa shape index (κ1) is 14.7. The molecule has 2 heteroatoms. The molecule has 0 aliphatic rings. The van der Waals surface area contributed by atoms with Crippen LogP contribution in [0.4, 0.5) is 0 Å². The number of hydrogen-bond acceptors (Lipinski definition) is 1. The molecule has 0 aliphatic carbocycles. The number of H-pyrrole nitrogens is 1. The average Bonchev–Trinajstić information content (AvgIpc) is 3.30. The van der Waals surface area contributed by atoms with Gasteiger partial charge < -0.3 is 4.98 Å². The van der Waals surface area contributed by atoms with E-state index < -0.39 is 0 Å². The lowest BCUT2D eigenvalue weighted by molar-refractivity contribution is 1.56. The third kappa shape index (κ3) is 1.81. The van der Waals surface area contributed by atoms with E-state index in [4.69, 9.17) is 0 Å². The minimum atomic E-state index is 1.20. The van der Waals surface area contributed by atoms with Crippen molar-refractivity contribution in [3.63, 3.8) is 0 Å². The Balaban J connectivity index is 1.68. The fourth-order valence-electron chi connectivity index (χ4n) is 4.68. The summed E-state index contributed by atoms with van der Waals surface area (Å²) in [6, 6.07) is 31.1. The molecule has 2 heterocycles. The van der Waals surface area contributed by atoms with Gasteiger partial charge in [0, 0.05) is 41.8 Å². The standard InChI is InChI=1S/C26H15NS/c1-3-7-23-17(5-1)20-12-11-16-19(26(20)27-23)10-9-15-13-25-22(14-21(15)16)18-6-2-4-8-24(18)28-25/h1-14,27H. The largest absolute Gasteiger partial charge is 0.354 e. The number of para-hydroxylation sites is 1. The lowest BCUT2D eigenvalue weighted by atomic mass is 9.98. The van der Waals surface area contributed by atoms with Crippen LogP contribution in [0.2, 0.25) is 0 Å². The molecule has 0 aliphatic heterocycles. The molecule has 0 saturated carbocycles. The Bertz CT molecular complexity index is 1720. The summed E-state index contributed by atoms with van der Waals surface area (Å²) in [5.74, 6) is 0. The van der Waals surface area contributed by atoms with Gasteiger partial charge in [-0.1, -0.05) is 60.7 Å². The Morgan fingerprint density at radius 1 is 0.500 bits per heavy atom. The summed E-state index contributed by atoms with van der Waals surface area (Å²) in [5.41, 5.74) is 2.43. The number of benzene rings is 5. The van der Waals surface area contributed by atoms with E-state index in [1.807, 2.05) is 11.3 Å². The first-order valence-corrected chi connectivity index (χ1v) is 10.4. The number of fused-ring (bicyclic) bond motifs is 10. The van der Waals surface area contributed by atoms with E-state index in [2.05, 4.69) is 89.9 Å². The fourth-order valence-corrected chi connectivity index (χ4v) is 5.82. The maximum absolute atomic E-state index is 3.65. The molecule has 0 amide bonds. The Morgan fingerprint density at radius 2 is 1.25 bits per heavy atom. The van der Waals surface area contributed by atoms with Crippen molar-refractivity contribution < 1.29 is 0 Å². The van der Waals surface area contributed by atoms with Crippen LogP contribution in [-0.2, 0) is 0 Å². The van der Waals surface area contributed by atoms with Gasteiger partial charge in [-0.25, -0.2) is 0 Å². The predicted octanol–water partition coefficient (Wildman–Crippen LogP) is 8.00. The maximum atomic E-state index is 3.65. The molecule has 0 saturated heterocycles. The van der Waals surface area contributed by atoms with E-state index in [-0.39, 0.29) is 0 Å². The molecule has 0 unspecified atom stereocenters. The third-order valence-electron chi connectivity index (χ3n) is 5.99. The van der Waals surface area contributed by atoms with Crippen molar-refractivity contribution in [2.75, 3.05) is 0 Å². The number of aromatic amines is 1. The highest BCUT2D eigenvalue weighted by Gasteiger charge is 2.11. The summed E-state index contributed by atoms with van der Waals surface area (Å²) in [7, 11) is 0. The molecular weight excluding hydrogens is 358 g/mol. The predicted molar refractivity (Wildman–Crippen MR) is 124 cm³/mol. The lowest BCUT2D eigenvalue weighted by Gasteiger charge is -2.06. The van der Waals surface area contributed by atoms with E-state index >= 15 is 0 Å². The molecule has 7 rings (SSSR count). The summed E-state index contributed by atoms with van der Waals surface area (Å²) < 4.78 is 2.72. The number of thiophene rings is 1. The second kappa shape index (κ2) is 5.12. The van der Waals surface area contributed by atoms with Gasteiger partial charge in [-0.15, -0.1) is 11.3 Å². The van der Waals surface area contributed by atoms with Gasteiger partial charge in [0.15, 0.2) is 0 Å².